The number of ether oxygens (including phenoxy) is 1. The zero-order valence-electron chi connectivity index (χ0n) is 19.0. The summed E-state index contributed by atoms with van der Waals surface area (Å²) in [4.78, 5) is 13.5. The Morgan fingerprint density at radius 2 is 1.78 bits per heavy atom. The first-order chi connectivity index (χ1) is 17.4. The monoisotopic (exact) mass is 546 g/mol. The lowest BCUT2D eigenvalue weighted by molar-refractivity contribution is -0.133. The molecule has 0 aromatic heterocycles. The van der Waals surface area contributed by atoms with Gasteiger partial charge in [0.25, 0.3) is 0 Å². The van der Waals surface area contributed by atoms with Crippen LogP contribution in [0.15, 0.2) is 54.6 Å². The number of benzene rings is 3. The van der Waals surface area contributed by atoms with Crippen molar-refractivity contribution in [2.45, 2.75) is 19.1 Å². The van der Waals surface area contributed by atoms with Gasteiger partial charge in [-0.1, -0.05) is 59.1 Å². The molecule has 3 aromatic carbocycles. The molecule has 2 aliphatic rings. The second-order valence-corrected chi connectivity index (χ2v) is 9.78. The number of nitrogens with one attached hydrogen (secondary N) is 1. The third-order valence-electron chi connectivity index (χ3n) is 6.34. The Hall–Kier alpha value is -2.97. The van der Waals surface area contributed by atoms with Crippen LogP contribution in [0.1, 0.15) is 12.0 Å². The summed E-state index contributed by atoms with van der Waals surface area (Å²) in [5.74, 6) is 0.211. The maximum Gasteiger partial charge on any atom is 0.452 e. The lowest BCUT2D eigenvalue weighted by Gasteiger charge is -2.23. The van der Waals surface area contributed by atoms with Crippen molar-refractivity contribution in [3.05, 3.63) is 75.2 Å². The van der Waals surface area contributed by atoms with E-state index in [1.54, 1.807) is 27.7 Å². The van der Waals surface area contributed by atoms with Gasteiger partial charge >= 0.3 is 6.02 Å². The number of rotatable bonds is 5. The van der Waals surface area contributed by atoms with Crippen LogP contribution in [0.3, 0.4) is 0 Å². The van der Waals surface area contributed by atoms with Gasteiger partial charge < -0.3 is 19.8 Å². The van der Waals surface area contributed by atoms with E-state index < -0.39 is 6.61 Å². The lowest BCUT2D eigenvalue weighted by Crippen LogP contribution is -2.36. The molecule has 0 unspecified atom stereocenters. The molecule has 0 spiro atoms. The second-order valence-electron chi connectivity index (χ2n) is 8.56. The number of hydrogen-bond acceptors (Lipinski definition) is 4. The van der Waals surface area contributed by atoms with Crippen LogP contribution in [0, 0.1) is 0 Å². The molecule has 0 bridgehead atoms. The summed E-state index contributed by atoms with van der Waals surface area (Å²) in [6, 6.07) is 16.2. The molecule has 1 atom stereocenters. The standard InChI is InChI=1S/C26H22Cl3N3O4/c27-20-5-2-1-4-17(20)18-10-16(36-15-8-9-31(13-15)24(34)14-33)11-23-19(18)12-30-26(35)32(23)25-21(28)6-3-7-22(25)29/h1-7,10-11,15,33H,8-9,12-14H2,(H,30,35)/p+1/t15-/m0/s1. The first-order valence-electron chi connectivity index (χ1n) is 11.4. The van der Waals surface area contributed by atoms with Gasteiger partial charge in [-0.2, -0.15) is 4.58 Å². The molecule has 36 heavy (non-hydrogen) atoms. The zero-order chi connectivity index (χ0) is 25.4. The molecule has 10 heteroatoms. The predicted octanol–water partition coefficient (Wildman–Crippen LogP) is 5.14. The highest BCUT2D eigenvalue weighted by Crippen LogP contribution is 2.43. The minimum absolute atomic E-state index is 0.125. The van der Waals surface area contributed by atoms with Crippen LogP contribution in [0.2, 0.25) is 15.1 Å². The Morgan fingerprint density at radius 3 is 2.50 bits per heavy atom. The molecule has 3 N–H and O–H groups in total. The SMILES string of the molecule is O=C(CO)N1CC[C@H](Oc2cc(-c3ccccc3Cl)c3c(c2)[N+](c2c(Cl)cccc2Cl)=C(O)NC3)C1. The predicted molar refractivity (Wildman–Crippen MR) is 142 cm³/mol. The maximum absolute atomic E-state index is 11.9. The van der Waals surface area contributed by atoms with Crippen molar-refractivity contribution in [1.29, 1.82) is 0 Å². The number of carbonyl (C=O) groups is 1. The second kappa shape index (κ2) is 10.2. The topological polar surface area (TPSA) is 85.0 Å². The molecular formula is C26H23Cl3N3O4+. The molecule has 1 saturated heterocycles. The molecule has 2 aliphatic heterocycles. The fourth-order valence-corrected chi connectivity index (χ4v) is 5.44. The van der Waals surface area contributed by atoms with E-state index in [1.165, 1.54) is 0 Å². The Kier molecular flexibility index (Phi) is 6.99. The molecule has 186 valence electrons. The van der Waals surface area contributed by atoms with E-state index in [0.717, 1.165) is 16.7 Å². The highest BCUT2D eigenvalue weighted by Gasteiger charge is 2.33. The number of hydrogen-bond donors (Lipinski definition) is 3. The number of nitrogens with zero attached hydrogens (tertiary/aromatic N) is 2. The van der Waals surface area contributed by atoms with Crippen molar-refractivity contribution < 1.29 is 19.7 Å². The number of aliphatic hydroxyl groups is 2. The van der Waals surface area contributed by atoms with E-state index in [-0.39, 0.29) is 18.0 Å². The number of fused-ring (bicyclic) bond motifs is 1. The summed E-state index contributed by atoms with van der Waals surface area (Å²) in [6.07, 6.45) is 0.373. The first-order valence-corrected chi connectivity index (χ1v) is 12.5. The van der Waals surface area contributed by atoms with E-state index in [1.807, 2.05) is 36.4 Å². The molecule has 1 fully saturated rings. The molecule has 5 rings (SSSR count). The minimum Gasteiger partial charge on any atom is -0.488 e. The number of aliphatic hydroxyl groups excluding tert-OH is 2. The molecule has 0 radical (unpaired) electrons. The van der Waals surface area contributed by atoms with Gasteiger partial charge in [0.15, 0.2) is 5.69 Å². The number of para-hydroxylation sites is 1. The molecule has 3 aromatic rings. The molecule has 0 aliphatic carbocycles. The Balaban J connectivity index is 1.65. The van der Waals surface area contributed by atoms with Gasteiger partial charge in [0.2, 0.25) is 5.91 Å². The molecular weight excluding hydrogens is 525 g/mol. The summed E-state index contributed by atoms with van der Waals surface area (Å²) in [6.45, 7) is 0.684. The van der Waals surface area contributed by atoms with Gasteiger partial charge in [0.1, 0.15) is 30.7 Å². The smallest absolute Gasteiger partial charge is 0.452 e. The van der Waals surface area contributed by atoms with Crippen molar-refractivity contribution in [1.82, 2.24) is 14.8 Å². The number of likely N-dealkylation sites (tertiary alicyclic amines) is 1. The van der Waals surface area contributed by atoms with Crippen molar-refractivity contribution in [2.24, 2.45) is 0 Å². The highest BCUT2D eigenvalue weighted by molar-refractivity contribution is 6.39. The van der Waals surface area contributed by atoms with Gasteiger partial charge in [-0.15, -0.1) is 0 Å². The Morgan fingerprint density at radius 1 is 1.06 bits per heavy atom. The van der Waals surface area contributed by atoms with Crippen LogP contribution in [0.4, 0.5) is 11.4 Å². The number of halogens is 3. The van der Waals surface area contributed by atoms with Crippen LogP contribution in [-0.4, -0.2) is 52.8 Å². The Labute approximate surface area is 223 Å². The van der Waals surface area contributed by atoms with E-state index in [4.69, 9.17) is 39.5 Å². The lowest BCUT2D eigenvalue weighted by atomic mass is 9.96. The van der Waals surface area contributed by atoms with Crippen molar-refractivity contribution in [3.8, 4) is 16.9 Å². The molecule has 1 amide bonds. The van der Waals surface area contributed by atoms with Gasteiger partial charge in [-0.25, -0.2) is 5.32 Å². The van der Waals surface area contributed by atoms with Gasteiger partial charge in [0, 0.05) is 35.2 Å². The summed E-state index contributed by atoms with van der Waals surface area (Å²) in [5, 5.41) is 24.4. The normalized spacial score (nSPS) is 17.1. The van der Waals surface area contributed by atoms with E-state index in [2.05, 4.69) is 5.32 Å². The third kappa shape index (κ3) is 4.60. The van der Waals surface area contributed by atoms with Crippen LogP contribution < -0.4 is 14.6 Å². The largest absolute Gasteiger partial charge is 0.488 e. The fourth-order valence-electron chi connectivity index (χ4n) is 4.64. The van der Waals surface area contributed by atoms with Gasteiger partial charge in [-0.3, -0.25) is 4.79 Å². The van der Waals surface area contributed by atoms with Crippen molar-refractivity contribution in [2.75, 3.05) is 19.7 Å². The molecule has 0 saturated carbocycles. The van der Waals surface area contributed by atoms with Gasteiger partial charge in [-0.05, 0) is 29.8 Å². The average Bonchev–Trinajstić information content (AvgIpc) is 3.33. The minimum atomic E-state index is -0.530. The quantitative estimate of drug-likeness (QED) is 0.385. The summed E-state index contributed by atoms with van der Waals surface area (Å²) >= 11 is 19.6. The fraction of sp³-hybridized carbons (Fsp3) is 0.231. The van der Waals surface area contributed by atoms with Crippen LogP contribution in [0.25, 0.3) is 11.1 Å². The summed E-state index contributed by atoms with van der Waals surface area (Å²) in [7, 11) is 0. The molecule has 7 nitrogen and oxygen atoms in total. The zero-order valence-corrected chi connectivity index (χ0v) is 21.3. The highest BCUT2D eigenvalue weighted by atomic mass is 35.5. The van der Waals surface area contributed by atoms with E-state index in [9.17, 15) is 15.0 Å². The van der Waals surface area contributed by atoms with Crippen molar-refractivity contribution in [3.63, 3.8) is 0 Å². The number of amides is 1. The summed E-state index contributed by atoms with van der Waals surface area (Å²) in [5.41, 5.74) is 3.55. The number of amidine groups is 1. The van der Waals surface area contributed by atoms with Crippen molar-refractivity contribution >= 4 is 58.1 Å². The van der Waals surface area contributed by atoms with E-state index in [0.29, 0.717) is 58.2 Å². The van der Waals surface area contributed by atoms with Gasteiger partial charge in [0.05, 0.1) is 16.6 Å². The maximum atomic E-state index is 11.9. The Bertz CT molecular complexity index is 1360. The van der Waals surface area contributed by atoms with Crippen LogP contribution >= 0.6 is 34.8 Å². The van der Waals surface area contributed by atoms with E-state index >= 15 is 0 Å². The molecule has 2 heterocycles. The first kappa shape index (κ1) is 24.7. The summed E-state index contributed by atoms with van der Waals surface area (Å²) < 4.78 is 7.89. The average molecular weight is 548 g/mol. The number of carbonyl (C=O) groups excluding carboxylic acids is 1. The third-order valence-corrected chi connectivity index (χ3v) is 7.28. The van der Waals surface area contributed by atoms with Crippen LogP contribution in [0.5, 0.6) is 5.75 Å². The van der Waals surface area contributed by atoms with Crippen LogP contribution in [-0.2, 0) is 11.3 Å².